The second-order valence-corrected chi connectivity index (χ2v) is 4.25. The van der Waals surface area contributed by atoms with Gasteiger partial charge in [-0.05, 0) is 36.2 Å². The molecule has 0 radical (unpaired) electrons. The minimum Gasteiger partial charge on any atom is -0.320 e. The number of anilines is 1. The van der Waals surface area contributed by atoms with Crippen molar-refractivity contribution in [3.05, 3.63) is 59.4 Å². The third-order valence-electron chi connectivity index (χ3n) is 2.63. The van der Waals surface area contributed by atoms with E-state index in [1.165, 1.54) is 0 Å². The molecule has 0 aliphatic rings. The zero-order valence-corrected chi connectivity index (χ0v) is 10.7. The minimum absolute atomic E-state index is 0.155. The van der Waals surface area contributed by atoms with Crippen molar-refractivity contribution >= 4 is 23.2 Å². The second-order valence-electron chi connectivity index (χ2n) is 3.98. The van der Waals surface area contributed by atoms with Crippen molar-refractivity contribution in [1.82, 2.24) is 4.98 Å². The highest BCUT2D eigenvalue weighted by molar-refractivity contribution is 6.17. The van der Waals surface area contributed by atoms with E-state index < -0.39 is 0 Å². The van der Waals surface area contributed by atoms with Crippen LogP contribution < -0.4 is 5.32 Å². The van der Waals surface area contributed by atoms with E-state index in [1.807, 2.05) is 25.1 Å². The molecule has 0 saturated carbocycles. The smallest absolute Gasteiger partial charge is 0.255 e. The number of hydrogen-bond donors (Lipinski definition) is 1. The lowest BCUT2D eigenvalue weighted by molar-refractivity contribution is 0.102. The number of benzene rings is 1. The van der Waals surface area contributed by atoms with E-state index in [2.05, 4.69) is 10.3 Å². The van der Waals surface area contributed by atoms with Crippen LogP contribution in [-0.4, -0.2) is 10.9 Å². The van der Waals surface area contributed by atoms with Crippen LogP contribution in [0, 0.1) is 6.92 Å². The van der Waals surface area contributed by atoms with Gasteiger partial charge in [0.15, 0.2) is 0 Å². The number of carbonyl (C=O) groups excluding carboxylic acids is 1. The molecule has 18 heavy (non-hydrogen) atoms. The van der Waals surface area contributed by atoms with Crippen molar-refractivity contribution in [2.24, 2.45) is 0 Å². The van der Waals surface area contributed by atoms with E-state index in [-0.39, 0.29) is 5.91 Å². The molecule has 0 unspecified atom stereocenters. The standard InChI is InChI=1S/C14H13ClN2O/c1-10-5-6-16-9-13(10)17-14(18)12-4-2-3-11(7-12)8-15/h2-7,9H,8H2,1H3,(H,17,18). The van der Waals surface area contributed by atoms with Crippen molar-refractivity contribution in [3.8, 4) is 0 Å². The van der Waals surface area contributed by atoms with Crippen LogP contribution in [0.15, 0.2) is 42.7 Å². The molecule has 0 aliphatic carbocycles. The normalized spacial score (nSPS) is 10.1. The van der Waals surface area contributed by atoms with Crippen LogP contribution in [0.1, 0.15) is 21.5 Å². The van der Waals surface area contributed by atoms with Crippen LogP contribution in [0.3, 0.4) is 0 Å². The number of rotatable bonds is 3. The van der Waals surface area contributed by atoms with Gasteiger partial charge in [-0.25, -0.2) is 0 Å². The minimum atomic E-state index is -0.155. The van der Waals surface area contributed by atoms with Crippen LogP contribution >= 0.6 is 11.6 Å². The maximum atomic E-state index is 12.1. The zero-order chi connectivity index (χ0) is 13.0. The van der Waals surface area contributed by atoms with Crippen LogP contribution in [-0.2, 0) is 5.88 Å². The predicted molar refractivity (Wildman–Crippen MR) is 72.9 cm³/mol. The molecule has 0 aliphatic heterocycles. The number of aryl methyl sites for hydroxylation is 1. The Morgan fingerprint density at radius 2 is 2.22 bits per heavy atom. The van der Waals surface area contributed by atoms with Crippen LogP contribution in [0.4, 0.5) is 5.69 Å². The molecule has 1 N–H and O–H groups in total. The average molecular weight is 261 g/mol. The molecule has 0 atom stereocenters. The van der Waals surface area contributed by atoms with Gasteiger partial charge in [0, 0.05) is 17.6 Å². The number of alkyl halides is 1. The lowest BCUT2D eigenvalue weighted by atomic mass is 10.1. The lowest BCUT2D eigenvalue weighted by Crippen LogP contribution is -2.13. The lowest BCUT2D eigenvalue weighted by Gasteiger charge is -2.08. The SMILES string of the molecule is Cc1ccncc1NC(=O)c1cccc(CCl)c1. The van der Waals surface area contributed by atoms with Gasteiger partial charge in [-0.15, -0.1) is 11.6 Å². The molecule has 3 nitrogen and oxygen atoms in total. The molecule has 1 aromatic heterocycles. The van der Waals surface area contributed by atoms with E-state index in [4.69, 9.17) is 11.6 Å². The molecule has 1 aromatic carbocycles. The summed E-state index contributed by atoms with van der Waals surface area (Å²) in [5.74, 6) is 0.241. The third-order valence-corrected chi connectivity index (χ3v) is 2.94. The van der Waals surface area contributed by atoms with Gasteiger partial charge in [-0.2, -0.15) is 0 Å². The molecule has 0 saturated heterocycles. The first-order valence-corrected chi connectivity index (χ1v) is 6.11. The number of hydrogen-bond acceptors (Lipinski definition) is 2. The molecule has 2 aromatic rings. The van der Waals surface area contributed by atoms with Gasteiger partial charge in [0.05, 0.1) is 11.9 Å². The number of amides is 1. The number of nitrogens with zero attached hydrogens (tertiary/aromatic N) is 1. The Morgan fingerprint density at radius 1 is 1.39 bits per heavy atom. The van der Waals surface area contributed by atoms with Gasteiger partial charge in [0.25, 0.3) is 5.91 Å². The van der Waals surface area contributed by atoms with Crippen LogP contribution in [0.25, 0.3) is 0 Å². The fourth-order valence-electron chi connectivity index (χ4n) is 1.59. The van der Waals surface area contributed by atoms with Gasteiger partial charge in [0.1, 0.15) is 0 Å². The Balaban J connectivity index is 2.19. The Hall–Kier alpha value is -1.87. The summed E-state index contributed by atoms with van der Waals surface area (Å²) >= 11 is 5.75. The number of carbonyl (C=O) groups is 1. The molecule has 2 rings (SSSR count). The van der Waals surface area contributed by atoms with E-state index in [1.54, 1.807) is 24.5 Å². The maximum Gasteiger partial charge on any atom is 0.255 e. The zero-order valence-electron chi connectivity index (χ0n) is 9.98. The average Bonchev–Trinajstić information content (AvgIpc) is 2.41. The summed E-state index contributed by atoms with van der Waals surface area (Å²) in [6.45, 7) is 1.92. The second kappa shape index (κ2) is 5.65. The highest BCUT2D eigenvalue weighted by Gasteiger charge is 2.08. The van der Waals surface area contributed by atoms with Crippen LogP contribution in [0.5, 0.6) is 0 Å². The summed E-state index contributed by atoms with van der Waals surface area (Å²) in [5, 5.41) is 2.83. The highest BCUT2D eigenvalue weighted by atomic mass is 35.5. The van der Waals surface area contributed by atoms with Crippen molar-refractivity contribution in [2.45, 2.75) is 12.8 Å². The van der Waals surface area contributed by atoms with Gasteiger partial charge in [0.2, 0.25) is 0 Å². The molecule has 1 amide bonds. The van der Waals surface area contributed by atoms with E-state index in [0.29, 0.717) is 11.4 Å². The molecule has 0 bridgehead atoms. The van der Waals surface area contributed by atoms with Gasteiger partial charge in [-0.1, -0.05) is 12.1 Å². The van der Waals surface area contributed by atoms with Crippen LogP contribution in [0.2, 0.25) is 0 Å². The Kier molecular flexibility index (Phi) is 3.95. The Morgan fingerprint density at radius 3 is 2.94 bits per heavy atom. The van der Waals surface area contributed by atoms with Gasteiger partial charge < -0.3 is 5.32 Å². The quantitative estimate of drug-likeness (QED) is 0.860. The van der Waals surface area contributed by atoms with E-state index >= 15 is 0 Å². The summed E-state index contributed by atoms with van der Waals surface area (Å²) in [5.41, 5.74) is 3.22. The third kappa shape index (κ3) is 2.87. The first kappa shape index (κ1) is 12.6. The number of pyridine rings is 1. The molecular formula is C14H13ClN2O. The summed E-state index contributed by atoms with van der Waals surface area (Å²) in [6, 6.07) is 9.11. The predicted octanol–water partition coefficient (Wildman–Crippen LogP) is 3.38. The monoisotopic (exact) mass is 260 g/mol. The molecule has 4 heteroatoms. The highest BCUT2D eigenvalue weighted by Crippen LogP contribution is 2.14. The number of aromatic nitrogens is 1. The topological polar surface area (TPSA) is 42.0 Å². The summed E-state index contributed by atoms with van der Waals surface area (Å²) in [6.07, 6.45) is 3.33. The molecular weight excluding hydrogens is 248 g/mol. The summed E-state index contributed by atoms with van der Waals surface area (Å²) in [4.78, 5) is 16.0. The largest absolute Gasteiger partial charge is 0.320 e. The van der Waals surface area contributed by atoms with Gasteiger partial charge in [-0.3, -0.25) is 9.78 Å². The van der Waals surface area contributed by atoms with Crippen molar-refractivity contribution in [1.29, 1.82) is 0 Å². The fraction of sp³-hybridized carbons (Fsp3) is 0.143. The first-order chi connectivity index (χ1) is 8.70. The first-order valence-electron chi connectivity index (χ1n) is 5.57. The summed E-state index contributed by atoms with van der Waals surface area (Å²) < 4.78 is 0. The van der Waals surface area contributed by atoms with Gasteiger partial charge >= 0.3 is 0 Å². The van der Waals surface area contributed by atoms with E-state index in [9.17, 15) is 4.79 Å². The van der Waals surface area contributed by atoms with E-state index in [0.717, 1.165) is 16.8 Å². The molecule has 0 spiro atoms. The molecule has 0 fully saturated rings. The maximum absolute atomic E-state index is 12.1. The molecule has 92 valence electrons. The number of halogens is 1. The van der Waals surface area contributed by atoms with Crippen molar-refractivity contribution in [3.63, 3.8) is 0 Å². The fourth-order valence-corrected chi connectivity index (χ4v) is 1.75. The van der Waals surface area contributed by atoms with Crippen molar-refractivity contribution < 1.29 is 4.79 Å². The Bertz CT molecular complexity index is 569. The Labute approximate surface area is 111 Å². The number of nitrogens with one attached hydrogen (secondary N) is 1. The summed E-state index contributed by atoms with van der Waals surface area (Å²) in [7, 11) is 0. The van der Waals surface area contributed by atoms with Crippen molar-refractivity contribution in [2.75, 3.05) is 5.32 Å². The molecule has 1 heterocycles.